The van der Waals surface area contributed by atoms with Gasteiger partial charge in [0, 0.05) is 23.3 Å². The molecule has 0 bridgehead atoms. The van der Waals surface area contributed by atoms with Gasteiger partial charge in [-0.25, -0.2) is 0 Å². The van der Waals surface area contributed by atoms with Crippen molar-refractivity contribution in [3.63, 3.8) is 0 Å². The number of aromatic nitrogens is 1. The molecule has 0 aromatic carbocycles. The maximum Gasteiger partial charge on any atom is 0.490 e. The molecule has 80 valence electrons. The van der Waals surface area contributed by atoms with Crippen LogP contribution in [0.2, 0.25) is 0 Å². The van der Waals surface area contributed by atoms with Gasteiger partial charge in [0.15, 0.2) is 0 Å². The summed E-state index contributed by atoms with van der Waals surface area (Å²) in [5, 5.41) is 17.9. The van der Waals surface area contributed by atoms with E-state index in [9.17, 15) is 0 Å². The van der Waals surface area contributed by atoms with Crippen molar-refractivity contribution < 1.29 is 10.0 Å². The second kappa shape index (κ2) is 4.77. The first-order valence-corrected chi connectivity index (χ1v) is 5.59. The molecule has 15 heavy (non-hydrogen) atoms. The summed E-state index contributed by atoms with van der Waals surface area (Å²) in [4.78, 5) is 4.30. The Balaban J connectivity index is 2.08. The van der Waals surface area contributed by atoms with E-state index in [0.717, 1.165) is 5.69 Å². The Hall–Kier alpha value is -0.865. The van der Waals surface area contributed by atoms with Gasteiger partial charge in [0.05, 0.1) is 0 Å². The molecule has 3 nitrogen and oxygen atoms in total. The predicted octanol–water partition coefficient (Wildman–Crippen LogP) is 0.809. The molecule has 1 heterocycles. The number of hydrogen-bond acceptors (Lipinski definition) is 3. The highest BCUT2D eigenvalue weighted by Crippen LogP contribution is 2.30. The molecular weight excluding hydrogens is 189 g/mol. The second-order valence-electron chi connectivity index (χ2n) is 4.23. The molecule has 4 heteroatoms. The third kappa shape index (κ3) is 2.58. The second-order valence-corrected chi connectivity index (χ2v) is 4.23. The smallest absolute Gasteiger partial charge is 0.423 e. The summed E-state index contributed by atoms with van der Waals surface area (Å²) in [5.41, 5.74) is 1.56. The predicted molar refractivity (Wildman–Crippen MR) is 59.9 cm³/mol. The van der Waals surface area contributed by atoms with Crippen LogP contribution in [0.25, 0.3) is 0 Å². The first-order valence-electron chi connectivity index (χ1n) is 5.59. The maximum atomic E-state index is 8.94. The van der Waals surface area contributed by atoms with Crippen molar-refractivity contribution in [2.24, 2.45) is 0 Å². The lowest BCUT2D eigenvalue weighted by Gasteiger charge is -2.20. The van der Waals surface area contributed by atoms with E-state index < -0.39 is 7.12 Å². The van der Waals surface area contributed by atoms with E-state index >= 15 is 0 Å². The first kappa shape index (κ1) is 10.6. The van der Waals surface area contributed by atoms with Crippen LogP contribution in [0, 0.1) is 0 Å². The molecule has 1 saturated carbocycles. The quantitative estimate of drug-likeness (QED) is 0.702. The Morgan fingerprint density at radius 1 is 1.13 bits per heavy atom. The standard InChI is InChI=1S/C11H16BNO2/c14-12(15)10-6-7-11(13-8-10)9-4-2-1-3-5-9/h6-9,14-15H,1-5H2. The zero-order valence-electron chi connectivity index (χ0n) is 8.76. The monoisotopic (exact) mass is 205 g/mol. The molecule has 0 saturated heterocycles. The molecular formula is C11H16BNO2. The summed E-state index contributed by atoms with van der Waals surface area (Å²) in [7, 11) is -1.40. The van der Waals surface area contributed by atoms with Crippen molar-refractivity contribution in [2.45, 2.75) is 38.0 Å². The summed E-state index contributed by atoms with van der Waals surface area (Å²) in [5.74, 6) is 0.573. The molecule has 1 aliphatic carbocycles. The molecule has 2 N–H and O–H groups in total. The Labute approximate surface area is 90.3 Å². The third-order valence-corrected chi connectivity index (χ3v) is 3.13. The zero-order valence-corrected chi connectivity index (χ0v) is 8.76. The fourth-order valence-corrected chi connectivity index (χ4v) is 2.21. The summed E-state index contributed by atoms with van der Waals surface area (Å²) in [6, 6.07) is 3.67. The molecule has 0 spiro atoms. The summed E-state index contributed by atoms with van der Waals surface area (Å²) >= 11 is 0. The van der Waals surface area contributed by atoms with Gasteiger partial charge in [-0.15, -0.1) is 0 Å². The molecule has 1 aromatic heterocycles. The van der Waals surface area contributed by atoms with Crippen molar-refractivity contribution in [1.29, 1.82) is 0 Å². The Bertz CT molecular complexity index is 307. The summed E-state index contributed by atoms with van der Waals surface area (Å²) in [6.45, 7) is 0. The minimum atomic E-state index is -1.40. The van der Waals surface area contributed by atoms with Crippen molar-refractivity contribution >= 4 is 12.6 Å². The maximum absolute atomic E-state index is 8.94. The fraction of sp³-hybridized carbons (Fsp3) is 0.545. The van der Waals surface area contributed by atoms with Crippen LogP contribution in [-0.4, -0.2) is 22.2 Å². The van der Waals surface area contributed by atoms with Gasteiger partial charge < -0.3 is 10.0 Å². The topological polar surface area (TPSA) is 53.4 Å². The van der Waals surface area contributed by atoms with Crippen LogP contribution in [0.15, 0.2) is 18.3 Å². The van der Waals surface area contributed by atoms with Crippen LogP contribution in [0.4, 0.5) is 0 Å². The van der Waals surface area contributed by atoms with E-state index in [1.54, 1.807) is 12.3 Å². The number of rotatable bonds is 2. The highest BCUT2D eigenvalue weighted by molar-refractivity contribution is 6.58. The molecule has 0 unspecified atom stereocenters. The highest BCUT2D eigenvalue weighted by Gasteiger charge is 2.17. The molecule has 0 amide bonds. The number of nitrogens with zero attached hydrogens (tertiary/aromatic N) is 1. The molecule has 0 radical (unpaired) electrons. The van der Waals surface area contributed by atoms with Crippen molar-refractivity contribution in [2.75, 3.05) is 0 Å². The average Bonchev–Trinajstić information content (AvgIpc) is 2.30. The highest BCUT2D eigenvalue weighted by atomic mass is 16.4. The van der Waals surface area contributed by atoms with Crippen LogP contribution in [0.5, 0.6) is 0 Å². The van der Waals surface area contributed by atoms with Crippen LogP contribution < -0.4 is 5.46 Å². The van der Waals surface area contributed by atoms with Crippen molar-refractivity contribution in [3.8, 4) is 0 Å². The zero-order chi connectivity index (χ0) is 10.7. The van der Waals surface area contributed by atoms with Crippen LogP contribution >= 0.6 is 0 Å². The minimum absolute atomic E-state index is 0.467. The van der Waals surface area contributed by atoms with Gasteiger partial charge in [-0.3, -0.25) is 4.98 Å². The van der Waals surface area contributed by atoms with Crippen LogP contribution in [-0.2, 0) is 0 Å². The van der Waals surface area contributed by atoms with Gasteiger partial charge >= 0.3 is 7.12 Å². The average molecular weight is 205 g/mol. The molecule has 0 aliphatic heterocycles. The Morgan fingerprint density at radius 2 is 1.87 bits per heavy atom. The van der Waals surface area contributed by atoms with Gasteiger partial charge in [0.1, 0.15) is 0 Å². The van der Waals surface area contributed by atoms with Gasteiger partial charge in [0.25, 0.3) is 0 Å². The largest absolute Gasteiger partial charge is 0.490 e. The summed E-state index contributed by atoms with van der Waals surface area (Å²) < 4.78 is 0. The number of hydrogen-bond donors (Lipinski definition) is 2. The molecule has 1 fully saturated rings. The van der Waals surface area contributed by atoms with E-state index in [4.69, 9.17) is 10.0 Å². The Kier molecular flexibility index (Phi) is 3.39. The SMILES string of the molecule is OB(O)c1ccc(C2CCCCC2)nc1. The minimum Gasteiger partial charge on any atom is -0.423 e. The summed E-state index contributed by atoms with van der Waals surface area (Å²) in [6.07, 6.45) is 7.91. The molecule has 2 rings (SSSR count). The lowest BCUT2D eigenvalue weighted by Crippen LogP contribution is -2.30. The van der Waals surface area contributed by atoms with Gasteiger partial charge in [-0.1, -0.05) is 25.3 Å². The number of pyridine rings is 1. The van der Waals surface area contributed by atoms with Crippen LogP contribution in [0.1, 0.15) is 43.7 Å². The van der Waals surface area contributed by atoms with E-state index in [2.05, 4.69) is 4.98 Å². The van der Waals surface area contributed by atoms with E-state index in [1.807, 2.05) is 6.07 Å². The lowest BCUT2D eigenvalue weighted by atomic mass is 9.80. The van der Waals surface area contributed by atoms with Crippen molar-refractivity contribution in [3.05, 3.63) is 24.0 Å². The van der Waals surface area contributed by atoms with E-state index in [-0.39, 0.29) is 0 Å². The van der Waals surface area contributed by atoms with E-state index in [0.29, 0.717) is 11.4 Å². The van der Waals surface area contributed by atoms with Gasteiger partial charge in [-0.2, -0.15) is 0 Å². The van der Waals surface area contributed by atoms with Gasteiger partial charge in [-0.05, 0) is 18.9 Å². The van der Waals surface area contributed by atoms with Crippen LogP contribution in [0.3, 0.4) is 0 Å². The Morgan fingerprint density at radius 3 is 2.40 bits per heavy atom. The van der Waals surface area contributed by atoms with E-state index in [1.165, 1.54) is 32.1 Å². The molecule has 1 aliphatic rings. The first-order chi connectivity index (χ1) is 7.27. The molecule has 0 atom stereocenters. The normalized spacial score (nSPS) is 17.7. The third-order valence-electron chi connectivity index (χ3n) is 3.13. The molecule has 1 aromatic rings. The van der Waals surface area contributed by atoms with Gasteiger partial charge in [0.2, 0.25) is 0 Å². The lowest BCUT2D eigenvalue weighted by molar-refractivity contribution is 0.425. The fourth-order valence-electron chi connectivity index (χ4n) is 2.21. The van der Waals surface area contributed by atoms with Crippen molar-refractivity contribution in [1.82, 2.24) is 4.98 Å².